The van der Waals surface area contributed by atoms with Gasteiger partial charge in [-0.2, -0.15) is 5.10 Å². The zero-order valence-electron chi connectivity index (χ0n) is 17.4. The molecule has 0 bridgehead atoms. The fraction of sp³-hybridized carbons (Fsp3) is 0.318. The van der Waals surface area contributed by atoms with Crippen LogP contribution in [0.4, 0.5) is 11.6 Å². The van der Waals surface area contributed by atoms with Gasteiger partial charge >= 0.3 is 0 Å². The molecular formula is C22H25N7O. The number of aryl methyl sites for hydroxylation is 3. The van der Waals surface area contributed by atoms with Crippen LogP contribution in [0.5, 0.6) is 0 Å². The first kappa shape index (κ1) is 19.8. The van der Waals surface area contributed by atoms with Gasteiger partial charge in [0.15, 0.2) is 0 Å². The third kappa shape index (κ3) is 4.37. The molecule has 0 aliphatic carbocycles. The van der Waals surface area contributed by atoms with Crippen LogP contribution in [0, 0.1) is 13.8 Å². The van der Waals surface area contributed by atoms with E-state index in [-0.39, 0.29) is 11.9 Å². The standard InChI is InChI=1S/C22H25N7O/c1-15-6-4-10-23-22(15)27-20-12-18(25-16(2)26-20)19-7-5-11-29(19)21(30)9-8-17-13-24-28(3)14-17/h4,6,8-10,12-14,19H,5,7,11H2,1-3H3,(H,23,25,26,27)/b9-8+. The van der Waals surface area contributed by atoms with E-state index in [1.165, 1.54) is 0 Å². The topological polar surface area (TPSA) is 88.8 Å². The molecule has 0 spiro atoms. The third-order valence-electron chi connectivity index (χ3n) is 5.13. The van der Waals surface area contributed by atoms with Crippen molar-refractivity contribution in [2.24, 2.45) is 7.05 Å². The SMILES string of the molecule is Cc1nc(Nc2ncccc2C)cc(C2CCCN2C(=O)/C=C/c2cnn(C)c2)n1. The van der Waals surface area contributed by atoms with Crippen molar-refractivity contribution in [2.45, 2.75) is 32.7 Å². The zero-order valence-corrected chi connectivity index (χ0v) is 17.4. The van der Waals surface area contributed by atoms with Gasteiger partial charge in [0.05, 0.1) is 17.9 Å². The van der Waals surface area contributed by atoms with Crippen molar-refractivity contribution >= 4 is 23.6 Å². The maximum absolute atomic E-state index is 12.9. The molecule has 1 aliphatic rings. The summed E-state index contributed by atoms with van der Waals surface area (Å²) in [6, 6.07) is 5.75. The molecule has 8 nitrogen and oxygen atoms in total. The first-order valence-corrected chi connectivity index (χ1v) is 10.0. The van der Waals surface area contributed by atoms with Crippen LogP contribution < -0.4 is 5.32 Å². The highest BCUT2D eigenvalue weighted by atomic mass is 16.2. The van der Waals surface area contributed by atoms with Crippen LogP contribution in [0.15, 0.2) is 42.9 Å². The first-order valence-electron chi connectivity index (χ1n) is 10.0. The lowest BCUT2D eigenvalue weighted by atomic mass is 10.1. The van der Waals surface area contributed by atoms with E-state index in [4.69, 9.17) is 0 Å². The maximum atomic E-state index is 12.9. The number of pyridine rings is 1. The molecule has 1 aliphatic heterocycles. The Kier molecular flexibility index (Phi) is 5.56. The van der Waals surface area contributed by atoms with E-state index < -0.39 is 0 Å². The van der Waals surface area contributed by atoms with Crippen LogP contribution in [0.2, 0.25) is 0 Å². The minimum absolute atomic E-state index is 0.0206. The number of hydrogen-bond donors (Lipinski definition) is 1. The quantitative estimate of drug-likeness (QED) is 0.657. The second-order valence-corrected chi connectivity index (χ2v) is 7.49. The smallest absolute Gasteiger partial charge is 0.247 e. The van der Waals surface area contributed by atoms with E-state index >= 15 is 0 Å². The van der Waals surface area contributed by atoms with Crippen LogP contribution in [0.1, 0.15) is 41.5 Å². The number of aromatic nitrogens is 5. The Labute approximate surface area is 175 Å². The number of nitrogens with zero attached hydrogens (tertiary/aromatic N) is 6. The van der Waals surface area contributed by atoms with E-state index in [1.54, 1.807) is 29.2 Å². The molecule has 1 N–H and O–H groups in total. The number of anilines is 2. The highest BCUT2D eigenvalue weighted by molar-refractivity contribution is 5.92. The van der Waals surface area contributed by atoms with Crippen molar-refractivity contribution in [2.75, 3.05) is 11.9 Å². The number of carbonyl (C=O) groups is 1. The summed E-state index contributed by atoms with van der Waals surface area (Å²) in [6.07, 6.45) is 10.6. The minimum Gasteiger partial charge on any atom is -0.331 e. The number of nitrogens with one attached hydrogen (secondary N) is 1. The highest BCUT2D eigenvalue weighted by Gasteiger charge is 2.30. The fourth-order valence-electron chi connectivity index (χ4n) is 3.69. The Morgan fingerprint density at radius 3 is 2.93 bits per heavy atom. The molecular weight excluding hydrogens is 378 g/mol. The van der Waals surface area contributed by atoms with Gasteiger partial charge < -0.3 is 10.2 Å². The van der Waals surface area contributed by atoms with Gasteiger partial charge in [-0.25, -0.2) is 15.0 Å². The average molecular weight is 403 g/mol. The van der Waals surface area contributed by atoms with Gasteiger partial charge in [0, 0.05) is 43.7 Å². The molecule has 1 fully saturated rings. The number of amides is 1. The van der Waals surface area contributed by atoms with Crippen molar-refractivity contribution in [3.63, 3.8) is 0 Å². The van der Waals surface area contributed by atoms with E-state index in [0.717, 1.165) is 35.5 Å². The monoisotopic (exact) mass is 403 g/mol. The zero-order chi connectivity index (χ0) is 21.1. The normalized spacial score (nSPS) is 16.4. The van der Waals surface area contributed by atoms with Crippen LogP contribution in [-0.4, -0.2) is 42.1 Å². The van der Waals surface area contributed by atoms with Crippen LogP contribution in [0.3, 0.4) is 0 Å². The number of rotatable bonds is 5. The summed E-state index contributed by atoms with van der Waals surface area (Å²) < 4.78 is 1.71. The highest BCUT2D eigenvalue weighted by Crippen LogP contribution is 2.32. The van der Waals surface area contributed by atoms with Crippen molar-refractivity contribution < 1.29 is 4.79 Å². The molecule has 1 amide bonds. The van der Waals surface area contributed by atoms with Gasteiger partial charge in [-0.05, 0) is 44.4 Å². The van der Waals surface area contributed by atoms with Crippen LogP contribution >= 0.6 is 0 Å². The number of likely N-dealkylation sites (tertiary alicyclic amines) is 1. The van der Waals surface area contributed by atoms with Gasteiger partial charge in [-0.3, -0.25) is 9.48 Å². The van der Waals surface area contributed by atoms with Crippen molar-refractivity contribution in [3.05, 3.63) is 65.5 Å². The molecule has 1 saturated heterocycles. The van der Waals surface area contributed by atoms with Gasteiger partial charge in [0.2, 0.25) is 5.91 Å². The maximum Gasteiger partial charge on any atom is 0.247 e. The van der Waals surface area contributed by atoms with Gasteiger partial charge in [-0.15, -0.1) is 0 Å². The molecule has 3 aromatic heterocycles. The summed E-state index contributed by atoms with van der Waals surface area (Å²) in [5.74, 6) is 2.09. The fourth-order valence-corrected chi connectivity index (χ4v) is 3.69. The summed E-state index contributed by atoms with van der Waals surface area (Å²) in [5.41, 5.74) is 2.78. The Morgan fingerprint density at radius 2 is 2.17 bits per heavy atom. The van der Waals surface area contributed by atoms with Crippen LogP contribution in [-0.2, 0) is 11.8 Å². The van der Waals surface area contributed by atoms with E-state index in [2.05, 4.69) is 25.4 Å². The molecule has 8 heteroatoms. The number of carbonyl (C=O) groups excluding carboxylic acids is 1. The Hall–Kier alpha value is -3.55. The van der Waals surface area contributed by atoms with Crippen molar-refractivity contribution in [1.82, 2.24) is 29.6 Å². The Morgan fingerprint density at radius 1 is 1.30 bits per heavy atom. The molecule has 3 aromatic rings. The molecule has 30 heavy (non-hydrogen) atoms. The molecule has 154 valence electrons. The Balaban J connectivity index is 1.55. The summed E-state index contributed by atoms with van der Waals surface area (Å²) in [7, 11) is 1.85. The van der Waals surface area contributed by atoms with Crippen molar-refractivity contribution in [1.29, 1.82) is 0 Å². The Bertz CT molecular complexity index is 1090. The van der Waals surface area contributed by atoms with E-state index in [1.807, 2.05) is 50.2 Å². The van der Waals surface area contributed by atoms with E-state index in [0.29, 0.717) is 18.2 Å². The van der Waals surface area contributed by atoms with Gasteiger partial charge in [-0.1, -0.05) is 6.07 Å². The predicted molar refractivity (Wildman–Crippen MR) is 115 cm³/mol. The largest absolute Gasteiger partial charge is 0.331 e. The van der Waals surface area contributed by atoms with Gasteiger partial charge in [0.1, 0.15) is 17.5 Å². The second kappa shape index (κ2) is 8.44. The van der Waals surface area contributed by atoms with Crippen LogP contribution in [0.25, 0.3) is 6.08 Å². The molecule has 4 rings (SSSR count). The minimum atomic E-state index is -0.0665. The van der Waals surface area contributed by atoms with Crippen molar-refractivity contribution in [3.8, 4) is 0 Å². The summed E-state index contributed by atoms with van der Waals surface area (Å²) in [4.78, 5) is 28.2. The summed E-state index contributed by atoms with van der Waals surface area (Å²) in [6.45, 7) is 4.58. The summed E-state index contributed by atoms with van der Waals surface area (Å²) in [5, 5.41) is 7.41. The molecule has 0 saturated carbocycles. The van der Waals surface area contributed by atoms with Gasteiger partial charge in [0.25, 0.3) is 0 Å². The lowest BCUT2D eigenvalue weighted by molar-refractivity contribution is -0.126. The first-order chi connectivity index (χ1) is 14.5. The lowest BCUT2D eigenvalue weighted by Gasteiger charge is -2.23. The lowest BCUT2D eigenvalue weighted by Crippen LogP contribution is -2.29. The molecule has 4 heterocycles. The molecule has 1 atom stereocenters. The number of hydrogen-bond acceptors (Lipinski definition) is 6. The molecule has 1 unspecified atom stereocenters. The average Bonchev–Trinajstić information content (AvgIpc) is 3.36. The third-order valence-corrected chi connectivity index (χ3v) is 5.13. The molecule has 0 aromatic carbocycles. The summed E-state index contributed by atoms with van der Waals surface area (Å²) >= 11 is 0. The van der Waals surface area contributed by atoms with E-state index in [9.17, 15) is 4.79 Å². The second-order valence-electron chi connectivity index (χ2n) is 7.49. The molecule has 0 radical (unpaired) electrons. The predicted octanol–water partition coefficient (Wildman–Crippen LogP) is 3.34.